The van der Waals surface area contributed by atoms with Gasteiger partial charge in [0.1, 0.15) is 5.82 Å². The SMILES string of the molecule is CCOc1ccc(NC(=NC)NCC(c2ccc(F)cc2)N(C)C)cc1OC.I. The Bertz CT molecular complexity index is 785. The van der Waals surface area contributed by atoms with E-state index in [0.29, 0.717) is 30.6 Å². The number of rotatable bonds is 8. The lowest BCUT2D eigenvalue weighted by Crippen LogP contribution is -2.38. The van der Waals surface area contributed by atoms with Gasteiger partial charge >= 0.3 is 0 Å². The van der Waals surface area contributed by atoms with Gasteiger partial charge in [0, 0.05) is 25.3 Å². The molecule has 0 aliphatic heterocycles. The minimum atomic E-state index is -0.240. The first-order chi connectivity index (χ1) is 13.5. The highest BCUT2D eigenvalue weighted by Gasteiger charge is 2.15. The second-order valence-corrected chi connectivity index (χ2v) is 6.41. The van der Waals surface area contributed by atoms with Gasteiger partial charge in [-0.2, -0.15) is 0 Å². The van der Waals surface area contributed by atoms with Crippen LogP contribution in [0.5, 0.6) is 11.5 Å². The van der Waals surface area contributed by atoms with Gasteiger partial charge in [-0.3, -0.25) is 4.99 Å². The Hall–Kier alpha value is -2.07. The van der Waals surface area contributed by atoms with Crippen molar-refractivity contribution in [1.82, 2.24) is 10.2 Å². The van der Waals surface area contributed by atoms with Crippen molar-refractivity contribution in [2.24, 2.45) is 4.99 Å². The molecule has 0 saturated heterocycles. The van der Waals surface area contributed by atoms with E-state index in [1.165, 1.54) is 12.1 Å². The Kier molecular flexibility index (Phi) is 10.7. The molecule has 1 atom stereocenters. The summed E-state index contributed by atoms with van der Waals surface area (Å²) in [5.74, 6) is 1.73. The van der Waals surface area contributed by atoms with Crippen LogP contribution in [0.25, 0.3) is 0 Å². The van der Waals surface area contributed by atoms with Crippen LogP contribution < -0.4 is 20.1 Å². The number of nitrogens with one attached hydrogen (secondary N) is 2. The molecule has 0 amide bonds. The van der Waals surface area contributed by atoms with Crippen molar-refractivity contribution in [2.75, 3.05) is 46.7 Å². The second kappa shape index (κ2) is 12.5. The van der Waals surface area contributed by atoms with Crippen LogP contribution in [0, 0.1) is 5.82 Å². The van der Waals surface area contributed by atoms with Crippen LogP contribution in [0.15, 0.2) is 47.5 Å². The number of methoxy groups -OCH3 is 1. The highest BCUT2D eigenvalue weighted by Crippen LogP contribution is 2.30. The Morgan fingerprint density at radius 1 is 1.14 bits per heavy atom. The Morgan fingerprint density at radius 3 is 2.38 bits per heavy atom. The summed E-state index contributed by atoms with van der Waals surface area (Å²) in [5.41, 5.74) is 1.86. The molecule has 0 heterocycles. The first-order valence-electron chi connectivity index (χ1n) is 9.18. The number of aliphatic imine (C=N–C) groups is 1. The van der Waals surface area contributed by atoms with Crippen LogP contribution in [0.1, 0.15) is 18.5 Å². The Balaban J connectivity index is 0.00000420. The molecule has 2 aromatic carbocycles. The quantitative estimate of drug-likeness (QED) is 0.314. The van der Waals surface area contributed by atoms with Gasteiger partial charge in [0.15, 0.2) is 17.5 Å². The van der Waals surface area contributed by atoms with Crippen LogP contribution in [-0.4, -0.2) is 52.3 Å². The summed E-state index contributed by atoms with van der Waals surface area (Å²) in [7, 11) is 7.30. The zero-order valence-corrected chi connectivity index (χ0v) is 19.9. The first-order valence-corrected chi connectivity index (χ1v) is 9.18. The average Bonchev–Trinajstić information content (AvgIpc) is 2.69. The summed E-state index contributed by atoms with van der Waals surface area (Å²) < 4.78 is 24.2. The fourth-order valence-corrected chi connectivity index (χ4v) is 2.81. The predicted octanol–water partition coefficient (Wildman–Crippen LogP) is 4.14. The molecular weight excluding hydrogens is 486 g/mol. The van der Waals surface area contributed by atoms with Gasteiger partial charge in [-0.15, -0.1) is 24.0 Å². The number of hydrogen-bond donors (Lipinski definition) is 2. The van der Waals surface area contributed by atoms with E-state index in [1.54, 1.807) is 26.3 Å². The molecule has 1 unspecified atom stereocenters. The molecule has 0 spiro atoms. The molecule has 0 aliphatic rings. The zero-order chi connectivity index (χ0) is 20.5. The topological polar surface area (TPSA) is 58.1 Å². The van der Waals surface area contributed by atoms with Crippen LogP contribution in [0.3, 0.4) is 0 Å². The van der Waals surface area contributed by atoms with E-state index in [-0.39, 0.29) is 35.8 Å². The van der Waals surface area contributed by atoms with Gasteiger partial charge in [0.25, 0.3) is 0 Å². The summed E-state index contributed by atoms with van der Waals surface area (Å²) in [6.45, 7) is 3.10. The molecule has 2 rings (SSSR count). The van der Waals surface area contributed by atoms with E-state index < -0.39 is 0 Å². The highest BCUT2D eigenvalue weighted by atomic mass is 127. The molecule has 0 aliphatic carbocycles. The number of guanidine groups is 1. The summed E-state index contributed by atoms with van der Waals surface area (Å²) in [5, 5.41) is 6.57. The Morgan fingerprint density at radius 2 is 1.83 bits per heavy atom. The number of anilines is 1. The monoisotopic (exact) mass is 516 g/mol. The van der Waals surface area contributed by atoms with E-state index in [0.717, 1.165) is 11.3 Å². The van der Waals surface area contributed by atoms with E-state index in [9.17, 15) is 4.39 Å². The lowest BCUT2D eigenvalue weighted by molar-refractivity contribution is 0.298. The third kappa shape index (κ3) is 7.36. The molecule has 8 heteroatoms. The Labute approximate surface area is 189 Å². The first kappa shape index (κ1) is 25.0. The molecule has 0 saturated carbocycles. The van der Waals surface area contributed by atoms with Crippen molar-refractivity contribution in [2.45, 2.75) is 13.0 Å². The maximum absolute atomic E-state index is 13.2. The van der Waals surface area contributed by atoms with E-state index in [2.05, 4.69) is 20.5 Å². The maximum Gasteiger partial charge on any atom is 0.195 e. The average molecular weight is 516 g/mol. The third-order valence-corrected chi connectivity index (χ3v) is 4.29. The predicted molar refractivity (Wildman–Crippen MR) is 127 cm³/mol. The van der Waals surface area contributed by atoms with Gasteiger partial charge in [-0.1, -0.05) is 12.1 Å². The largest absolute Gasteiger partial charge is 0.493 e. The molecule has 6 nitrogen and oxygen atoms in total. The molecule has 2 aromatic rings. The van der Waals surface area contributed by atoms with Gasteiger partial charge in [0.2, 0.25) is 0 Å². The smallest absolute Gasteiger partial charge is 0.195 e. The van der Waals surface area contributed by atoms with Crippen molar-refractivity contribution < 1.29 is 13.9 Å². The number of benzene rings is 2. The normalized spacial score (nSPS) is 12.2. The molecule has 29 heavy (non-hydrogen) atoms. The number of halogens is 2. The van der Waals surface area contributed by atoms with Crippen LogP contribution in [0.4, 0.5) is 10.1 Å². The van der Waals surface area contributed by atoms with Gasteiger partial charge in [-0.25, -0.2) is 4.39 Å². The van der Waals surface area contributed by atoms with Crippen LogP contribution in [0.2, 0.25) is 0 Å². The number of nitrogens with zero attached hydrogens (tertiary/aromatic N) is 2. The van der Waals surface area contributed by atoms with Crippen molar-refractivity contribution in [3.05, 3.63) is 53.8 Å². The highest BCUT2D eigenvalue weighted by molar-refractivity contribution is 14.0. The standard InChI is InChI=1S/C21H29FN4O2.HI/c1-6-28-19-12-11-17(13-20(19)27-5)25-21(23-2)24-14-18(26(3)4)15-7-9-16(22)10-8-15;/h7-13,18H,6,14H2,1-5H3,(H2,23,24,25);1H. The molecule has 0 fully saturated rings. The van der Waals surface area contributed by atoms with Gasteiger partial charge in [0.05, 0.1) is 19.8 Å². The third-order valence-electron chi connectivity index (χ3n) is 4.29. The van der Waals surface area contributed by atoms with Crippen molar-refractivity contribution >= 4 is 35.6 Å². The summed E-state index contributed by atoms with van der Waals surface area (Å²) >= 11 is 0. The lowest BCUT2D eigenvalue weighted by atomic mass is 10.1. The fourth-order valence-electron chi connectivity index (χ4n) is 2.81. The zero-order valence-electron chi connectivity index (χ0n) is 17.5. The minimum absolute atomic E-state index is 0. The fraction of sp³-hybridized carbons (Fsp3) is 0.381. The van der Waals surface area contributed by atoms with Crippen molar-refractivity contribution in [3.63, 3.8) is 0 Å². The molecular formula is C21H30FIN4O2. The molecule has 0 aromatic heterocycles. The molecule has 0 bridgehead atoms. The summed E-state index contributed by atoms with van der Waals surface area (Å²) in [6, 6.07) is 12.2. The summed E-state index contributed by atoms with van der Waals surface area (Å²) in [4.78, 5) is 6.36. The van der Waals surface area contributed by atoms with Crippen LogP contribution in [-0.2, 0) is 0 Å². The van der Waals surface area contributed by atoms with Crippen molar-refractivity contribution in [1.29, 1.82) is 0 Å². The number of hydrogen-bond acceptors (Lipinski definition) is 4. The molecule has 0 radical (unpaired) electrons. The van der Waals surface area contributed by atoms with Gasteiger partial charge in [-0.05, 0) is 50.8 Å². The summed E-state index contributed by atoms with van der Waals surface area (Å²) in [6.07, 6.45) is 0. The van der Waals surface area contributed by atoms with E-state index >= 15 is 0 Å². The van der Waals surface area contributed by atoms with E-state index in [4.69, 9.17) is 9.47 Å². The second-order valence-electron chi connectivity index (χ2n) is 6.41. The van der Waals surface area contributed by atoms with Crippen LogP contribution >= 0.6 is 24.0 Å². The lowest BCUT2D eigenvalue weighted by Gasteiger charge is -2.26. The molecule has 160 valence electrons. The maximum atomic E-state index is 13.2. The number of likely N-dealkylation sites (N-methyl/N-ethyl adjacent to an activating group) is 1. The minimum Gasteiger partial charge on any atom is -0.493 e. The van der Waals surface area contributed by atoms with Gasteiger partial charge < -0.3 is 25.0 Å². The van der Waals surface area contributed by atoms with E-state index in [1.807, 2.05) is 39.2 Å². The number of ether oxygens (including phenoxy) is 2. The molecule has 2 N–H and O–H groups in total. The van der Waals surface area contributed by atoms with Crippen molar-refractivity contribution in [3.8, 4) is 11.5 Å².